The number of anilines is 1. The van der Waals surface area contributed by atoms with Crippen LogP contribution in [0.15, 0.2) is 35.2 Å². The van der Waals surface area contributed by atoms with Gasteiger partial charge in [0.05, 0.1) is 5.75 Å². The molecule has 0 radical (unpaired) electrons. The highest BCUT2D eigenvalue weighted by Gasteiger charge is 2.25. The lowest BCUT2D eigenvalue weighted by Crippen LogP contribution is -2.11. The minimum absolute atomic E-state index is 0.261. The molecule has 0 saturated heterocycles. The Morgan fingerprint density at radius 1 is 0.857 bits per heavy atom. The van der Waals surface area contributed by atoms with Gasteiger partial charge in [0.15, 0.2) is 9.84 Å². The van der Waals surface area contributed by atoms with E-state index in [1.165, 1.54) is 0 Å². The second-order valence-corrected chi connectivity index (χ2v) is 6.28. The summed E-state index contributed by atoms with van der Waals surface area (Å²) in [6.45, 7) is 0. The Balaban J connectivity index is 2.48. The highest BCUT2D eigenvalue weighted by Crippen LogP contribution is 2.25. The third kappa shape index (κ3) is 3.33. The first-order chi connectivity index (χ1) is 9.69. The van der Waals surface area contributed by atoms with Crippen LogP contribution in [0.25, 0.3) is 0 Å². The van der Waals surface area contributed by atoms with Gasteiger partial charge in [-0.25, -0.2) is 26.0 Å². The molecule has 8 heteroatoms. The standard InChI is InChI=1S/C13H9F4NO2S/c14-8-1-7(2-9(15)3-8)6-21(19,20)13-11(16)4-10(18)5-12(13)17/h1-5H,6,18H2. The van der Waals surface area contributed by atoms with E-state index in [0.29, 0.717) is 18.2 Å². The third-order valence-corrected chi connectivity index (χ3v) is 4.34. The molecule has 2 aromatic carbocycles. The van der Waals surface area contributed by atoms with Gasteiger partial charge in [0.1, 0.15) is 28.2 Å². The maximum absolute atomic E-state index is 13.6. The maximum atomic E-state index is 13.6. The number of hydrogen-bond donors (Lipinski definition) is 1. The Bertz CT molecular complexity index is 763. The van der Waals surface area contributed by atoms with E-state index in [0.717, 1.165) is 12.1 Å². The zero-order valence-corrected chi connectivity index (χ0v) is 11.2. The first-order valence-electron chi connectivity index (χ1n) is 5.61. The average Bonchev–Trinajstić information content (AvgIpc) is 2.23. The van der Waals surface area contributed by atoms with E-state index < -0.39 is 43.8 Å². The van der Waals surface area contributed by atoms with Crippen LogP contribution >= 0.6 is 0 Å². The second-order valence-electron chi connectivity index (χ2n) is 4.35. The number of hydrogen-bond acceptors (Lipinski definition) is 3. The summed E-state index contributed by atoms with van der Waals surface area (Å²) in [5, 5.41) is 0. The molecule has 0 saturated carbocycles. The number of benzene rings is 2. The number of sulfone groups is 1. The van der Waals surface area contributed by atoms with Crippen molar-refractivity contribution in [2.24, 2.45) is 0 Å². The summed E-state index contributed by atoms with van der Waals surface area (Å²) >= 11 is 0. The van der Waals surface area contributed by atoms with Gasteiger partial charge in [0, 0.05) is 11.8 Å². The largest absolute Gasteiger partial charge is 0.399 e. The van der Waals surface area contributed by atoms with Gasteiger partial charge in [-0.1, -0.05) is 0 Å². The van der Waals surface area contributed by atoms with Crippen LogP contribution in [0.4, 0.5) is 23.2 Å². The minimum atomic E-state index is -4.46. The molecule has 0 atom stereocenters. The lowest BCUT2D eigenvalue weighted by molar-refractivity contribution is 0.520. The van der Waals surface area contributed by atoms with Crippen LogP contribution in [0.3, 0.4) is 0 Å². The van der Waals surface area contributed by atoms with Crippen LogP contribution in [0.5, 0.6) is 0 Å². The molecule has 2 N–H and O–H groups in total. The van der Waals surface area contributed by atoms with Crippen LogP contribution in [0.1, 0.15) is 5.56 Å². The van der Waals surface area contributed by atoms with Gasteiger partial charge in [0.2, 0.25) is 0 Å². The van der Waals surface area contributed by atoms with Crippen molar-refractivity contribution in [2.45, 2.75) is 10.6 Å². The van der Waals surface area contributed by atoms with Crippen molar-refractivity contribution in [1.29, 1.82) is 0 Å². The van der Waals surface area contributed by atoms with Crippen molar-refractivity contribution < 1.29 is 26.0 Å². The van der Waals surface area contributed by atoms with Gasteiger partial charge in [-0.3, -0.25) is 0 Å². The van der Waals surface area contributed by atoms with E-state index in [2.05, 4.69) is 0 Å². The van der Waals surface area contributed by atoms with Crippen molar-refractivity contribution in [2.75, 3.05) is 5.73 Å². The molecule has 0 aromatic heterocycles. The normalized spacial score (nSPS) is 11.6. The fraction of sp³-hybridized carbons (Fsp3) is 0.0769. The Hall–Kier alpha value is -2.09. The second kappa shape index (κ2) is 5.36. The topological polar surface area (TPSA) is 60.2 Å². The highest BCUT2D eigenvalue weighted by atomic mass is 32.2. The van der Waals surface area contributed by atoms with Gasteiger partial charge >= 0.3 is 0 Å². The summed E-state index contributed by atoms with van der Waals surface area (Å²) in [6, 6.07) is 3.41. The molecule has 0 heterocycles. The molecule has 112 valence electrons. The average molecular weight is 319 g/mol. The Morgan fingerprint density at radius 2 is 1.33 bits per heavy atom. The molecular weight excluding hydrogens is 310 g/mol. The molecular formula is C13H9F4NO2S. The number of nitrogen functional groups attached to an aromatic ring is 1. The SMILES string of the molecule is Nc1cc(F)c(S(=O)(=O)Cc2cc(F)cc(F)c2)c(F)c1. The third-order valence-electron chi connectivity index (χ3n) is 2.61. The molecule has 0 bridgehead atoms. The van der Waals surface area contributed by atoms with Crippen LogP contribution in [-0.4, -0.2) is 8.42 Å². The molecule has 2 rings (SSSR count). The highest BCUT2D eigenvalue weighted by molar-refractivity contribution is 7.90. The van der Waals surface area contributed by atoms with E-state index in [4.69, 9.17) is 5.73 Å². The lowest BCUT2D eigenvalue weighted by Gasteiger charge is -2.08. The zero-order chi connectivity index (χ0) is 15.8. The maximum Gasteiger partial charge on any atom is 0.188 e. The smallest absolute Gasteiger partial charge is 0.188 e. The van der Waals surface area contributed by atoms with Gasteiger partial charge in [-0.05, 0) is 29.8 Å². The van der Waals surface area contributed by atoms with Gasteiger partial charge in [-0.15, -0.1) is 0 Å². The van der Waals surface area contributed by atoms with Crippen molar-refractivity contribution in [3.05, 3.63) is 59.2 Å². The summed E-state index contributed by atoms with van der Waals surface area (Å²) in [6.07, 6.45) is 0. The minimum Gasteiger partial charge on any atom is -0.399 e. The van der Waals surface area contributed by atoms with Gasteiger partial charge < -0.3 is 5.73 Å². The van der Waals surface area contributed by atoms with E-state index in [1.54, 1.807) is 0 Å². The Labute approximate surface area is 117 Å². The van der Waals surface area contributed by atoms with Crippen molar-refractivity contribution in [1.82, 2.24) is 0 Å². The van der Waals surface area contributed by atoms with Crippen LogP contribution in [0.2, 0.25) is 0 Å². The molecule has 0 fully saturated rings. The fourth-order valence-corrected chi connectivity index (χ4v) is 3.32. The zero-order valence-electron chi connectivity index (χ0n) is 10.4. The van der Waals surface area contributed by atoms with Crippen molar-refractivity contribution in [3.8, 4) is 0 Å². The molecule has 0 amide bonds. The number of halogens is 4. The van der Waals surface area contributed by atoms with E-state index in [9.17, 15) is 26.0 Å². The Morgan fingerprint density at radius 3 is 1.81 bits per heavy atom. The predicted molar refractivity (Wildman–Crippen MR) is 68.0 cm³/mol. The summed E-state index contributed by atoms with van der Waals surface area (Å²) in [5.74, 6) is -5.63. The summed E-state index contributed by atoms with van der Waals surface area (Å²) in [5.41, 5.74) is 4.65. The molecule has 0 aliphatic heterocycles. The van der Waals surface area contributed by atoms with Crippen molar-refractivity contribution >= 4 is 15.5 Å². The molecule has 0 aliphatic rings. The monoisotopic (exact) mass is 319 g/mol. The first-order valence-corrected chi connectivity index (χ1v) is 7.26. The molecule has 2 aromatic rings. The number of rotatable bonds is 3. The summed E-state index contributed by atoms with van der Waals surface area (Å²) in [4.78, 5) is -1.18. The van der Waals surface area contributed by atoms with Gasteiger partial charge in [0.25, 0.3) is 0 Å². The van der Waals surface area contributed by atoms with Crippen LogP contribution in [-0.2, 0) is 15.6 Å². The molecule has 21 heavy (non-hydrogen) atoms. The number of nitrogens with two attached hydrogens (primary N) is 1. The molecule has 3 nitrogen and oxygen atoms in total. The lowest BCUT2D eigenvalue weighted by atomic mass is 10.2. The first kappa shape index (κ1) is 15.3. The summed E-state index contributed by atoms with van der Waals surface area (Å²) < 4.78 is 77.3. The van der Waals surface area contributed by atoms with E-state index in [1.807, 2.05) is 0 Å². The summed E-state index contributed by atoms with van der Waals surface area (Å²) in [7, 11) is -4.46. The van der Waals surface area contributed by atoms with E-state index in [-0.39, 0.29) is 11.3 Å². The van der Waals surface area contributed by atoms with E-state index >= 15 is 0 Å². The Kier molecular flexibility index (Phi) is 3.91. The van der Waals surface area contributed by atoms with Gasteiger partial charge in [-0.2, -0.15) is 0 Å². The van der Waals surface area contributed by atoms with Crippen molar-refractivity contribution in [3.63, 3.8) is 0 Å². The molecule has 0 unspecified atom stereocenters. The van der Waals surface area contributed by atoms with Crippen LogP contribution < -0.4 is 5.73 Å². The quantitative estimate of drug-likeness (QED) is 0.699. The molecule has 0 spiro atoms. The van der Waals surface area contributed by atoms with Crippen LogP contribution in [0, 0.1) is 23.3 Å². The predicted octanol–water partition coefficient (Wildman–Crippen LogP) is 2.80. The molecule has 0 aliphatic carbocycles. The fourth-order valence-electron chi connectivity index (χ4n) is 1.86.